The second kappa shape index (κ2) is 8.79. The van der Waals surface area contributed by atoms with Crippen molar-refractivity contribution in [1.82, 2.24) is 0 Å². The van der Waals surface area contributed by atoms with Crippen LogP contribution in [-0.2, 0) is 0 Å². The molecule has 0 rings (SSSR count). The Morgan fingerprint density at radius 3 is 2.42 bits per heavy atom. The first-order valence-corrected chi connectivity index (χ1v) is 5.23. The highest BCUT2D eigenvalue weighted by molar-refractivity contribution is 5.01. The van der Waals surface area contributed by atoms with Gasteiger partial charge >= 0.3 is 0 Å². The van der Waals surface area contributed by atoms with Crippen LogP contribution in [0.5, 0.6) is 0 Å². The van der Waals surface area contributed by atoms with Gasteiger partial charge in [0.15, 0.2) is 0 Å². The lowest BCUT2D eigenvalue weighted by atomic mass is 10.0. The van der Waals surface area contributed by atoms with E-state index in [1.807, 2.05) is 0 Å². The molecule has 0 aliphatic carbocycles. The van der Waals surface area contributed by atoms with E-state index in [1.54, 1.807) is 5.57 Å². The fourth-order valence-corrected chi connectivity index (χ4v) is 1.41. The van der Waals surface area contributed by atoms with Crippen molar-refractivity contribution >= 4 is 0 Å². The Hall–Kier alpha value is -0.300. The standard InChI is InChI=1S/C11H23N/c1-3-5-6-8-11(7-4-2)9-10-12/h7H,3-6,8-10,12H2,1-2H3/b11-7+. The van der Waals surface area contributed by atoms with Gasteiger partial charge in [-0.2, -0.15) is 0 Å². The van der Waals surface area contributed by atoms with Crippen LogP contribution in [0.4, 0.5) is 0 Å². The number of rotatable bonds is 7. The Morgan fingerprint density at radius 2 is 1.92 bits per heavy atom. The summed E-state index contributed by atoms with van der Waals surface area (Å²) >= 11 is 0. The van der Waals surface area contributed by atoms with Gasteiger partial charge in [-0.3, -0.25) is 0 Å². The van der Waals surface area contributed by atoms with Crippen molar-refractivity contribution in [3.63, 3.8) is 0 Å². The molecule has 12 heavy (non-hydrogen) atoms. The van der Waals surface area contributed by atoms with Crippen molar-refractivity contribution in [3.8, 4) is 0 Å². The van der Waals surface area contributed by atoms with Gasteiger partial charge in [-0.1, -0.05) is 38.3 Å². The highest BCUT2D eigenvalue weighted by atomic mass is 14.5. The molecule has 0 radical (unpaired) electrons. The van der Waals surface area contributed by atoms with Crippen LogP contribution in [0.25, 0.3) is 0 Å². The van der Waals surface area contributed by atoms with Crippen LogP contribution in [0.1, 0.15) is 52.4 Å². The predicted molar refractivity (Wildman–Crippen MR) is 56.2 cm³/mol. The van der Waals surface area contributed by atoms with Gasteiger partial charge in [0.1, 0.15) is 0 Å². The van der Waals surface area contributed by atoms with E-state index in [9.17, 15) is 0 Å². The van der Waals surface area contributed by atoms with Crippen molar-refractivity contribution in [3.05, 3.63) is 11.6 Å². The molecule has 0 amide bonds. The van der Waals surface area contributed by atoms with Gasteiger partial charge in [-0.25, -0.2) is 0 Å². The van der Waals surface area contributed by atoms with Crippen molar-refractivity contribution in [2.24, 2.45) is 5.73 Å². The van der Waals surface area contributed by atoms with E-state index in [0.29, 0.717) is 0 Å². The summed E-state index contributed by atoms with van der Waals surface area (Å²) in [5.74, 6) is 0. The molecule has 0 heterocycles. The van der Waals surface area contributed by atoms with E-state index in [2.05, 4.69) is 19.9 Å². The molecule has 0 fully saturated rings. The van der Waals surface area contributed by atoms with Gasteiger partial charge in [-0.15, -0.1) is 0 Å². The third-order valence-electron chi connectivity index (χ3n) is 2.06. The molecule has 0 aliphatic heterocycles. The monoisotopic (exact) mass is 169 g/mol. The molecule has 1 nitrogen and oxygen atoms in total. The quantitative estimate of drug-likeness (QED) is 0.459. The topological polar surface area (TPSA) is 26.0 Å². The van der Waals surface area contributed by atoms with Crippen molar-refractivity contribution in [1.29, 1.82) is 0 Å². The first-order valence-electron chi connectivity index (χ1n) is 5.23. The number of allylic oxidation sites excluding steroid dienone is 1. The predicted octanol–water partition coefficient (Wildman–Crippen LogP) is 3.25. The number of hydrogen-bond donors (Lipinski definition) is 1. The Labute approximate surface area is 77.0 Å². The van der Waals surface area contributed by atoms with Crippen LogP contribution in [-0.4, -0.2) is 6.54 Å². The zero-order chi connectivity index (χ0) is 9.23. The maximum atomic E-state index is 5.52. The van der Waals surface area contributed by atoms with Crippen LogP contribution in [0.15, 0.2) is 11.6 Å². The highest BCUT2D eigenvalue weighted by Gasteiger charge is 1.94. The molecule has 1 heteroatoms. The fourth-order valence-electron chi connectivity index (χ4n) is 1.41. The molecule has 0 aromatic rings. The summed E-state index contributed by atoms with van der Waals surface area (Å²) in [6.45, 7) is 5.24. The molecular formula is C11H23N. The number of hydrogen-bond acceptors (Lipinski definition) is 1. The maximum Gasteiger partial charge on any atom is -0.00399 e. The minimum Gasteiger partial charge on any atom is -0.330 e. The van der Waals surface area contributed by atoms with E-state index >= 15 is 0 Å². The smallest absolute Gasteiger partial charge is 0.00399 e. The zero-order valence-electron chi connectivity index (χ0n) is 8.60. The lowest BCUT2D eigenvalue weighted by Crippen LogP contribution is -2.00. The Bertz CT molecular complexity index is 116. The SMILES string of the molecule is CC/C=C(/CCN)CCCCC. The van der Waals surface area contributed by atoms with E-state index < -0.39 is 0 Å². The fraction of sp³-hybridized carbons (Fsp3) is 0.818. The molecule has 0 aromatic heterocycles. The molecule has 0 bridgehead atoms. The lowest BCUT2D eigenvalue weighted by Gasteiger charge is -2.04. The summed E-state index contributed by atoms with van der Waals surface area (Å²) in [6.07, 6.45) is 9.84. The van der Waals surface area contributed by atoms with Gasteiger partial charge in [0.2, 0.25) is 0 Å². The first-order chi connectivity index (χ1) is 5.85. The molecule has 0 aromatic carbocycles. The van der Waals surface area contributed by atoms with Crippen LogP contribution < -0.4 is 5.73 Å². The summed E-state index contributed by atoms with van der Waals surface area (Å²) in [5, 5.41) is 0. The van der Waals surface area contributed by atoms with E-state index in [4.69, 9.17) is 5.73 Å². The summed E-state index contributed by atoms with van der Waals surface area (Å²) in [7, 11) is 0. The Kier molecular flexibility index (Phi) is 8.57. The van der Waals surface area contributed by atoms with Gasteiger partial charge in [0, 0.05) is 0 Å². The summed E-state index contributed by atoms with van der Waals surface area (Å²) < 4.78 is 0. The van der Waals surface area contributed by atoms with Crippen LogP contribution in [0, 0.1) is 0 Å². The minimum absolute atomic E-state index is 0.804. The van der Waals surface area contributed by atoms with Gasteiger partial charge in [0.05, 0.1) is 0 Å². The molecule has 0 aliphatic rings. The van der Waals surface area contributed by atoms with Gasteiger partial charge < -0.3 is 5.73 Å². The first kappa shape index (κ1) is 11.7. The summed E-state index contributed by atoms with van der Waals surface area (Å²) in [5.41, 5.74) is 7.09. The molecule has 0 spiro atoms. The van der Waals surface area contributed by atoms with Crippen molar-refractivity contribution < 1.29 is 0 Å². The van der Waals surface area contributed by atoms with E-state index in [1.165, 1.54) is 25.7 Å². The molecule has 0 saturated heterocycles. The molecule has 0 atom stereocenters. The number of nitrogens with two attached hydrogens (primary N) is 1. The van der Waals surface area contributed by atoms with Crippen molar-refractivity contribution in [2.75, 3.05) is 6.54 Å². The Balaban J connectivity index is 3.56. The molecule has 0 saturated carbocycles. The Morgan fingerprint density at radius 1 is 1.17 bits per heavy atom. The molecular weight excluding hydrogens is 146 g/mol. The normalized spacial score (nSPS) is 12.1. The second-order valence-corrected chi connectivity index (χ2v) is 3.27. The van der Waals surface area contributed by atoms with E-state index in [-0.39, 0.29) is 0 Å². The average Bonchev–Trinajstić information content (AvgIpc) is 2.06. The van der Waals surface area contributed by atoms with Crippen LogP contribution >= 0.6 is 0 Å². The van der Waals surface area contributed by atoms with Crippen LogP contribution in [0.2, 0.25) is 0 Å². The van der Waals surface area contributed by atoms with Gasteiger partial charge in [0.25, 0.3) is 0 Å². The largest absolute Gasteiger partial charge is 0.330 e. The van der Waals surface area contributed by atoms with E-state index in [0.717, 1.165) is 19.4 Å². The minimum atomic E-state index is 0.804. The maximum absolute atomic E-state index is 5.52. The third kappa shape index (κ3) is 6.41. The molecule has 2 N–H and O–H groups in total. The highest BCUT2D eigenvalue weighted by Crippen LogP contribution is 2.12. The second-order valence-electron chi connectivity index (χ2n) is 3.27. The molecule has 72 valence electrons. The zero-order valence-corrected chi connectivity index (χ0v) is 8.60. The number of unbranched alkanes of at least 4 members (excludes halogenated alkanes) is 2. The van der Waals surface area contributed by atoms with Crippen LogP contribution in [0.3, 0.4) is 0 Å². The average molecular weight is 169 g/mol. The lowest BCUT2D eigenvalue weighted by molar-refractivity contribution is 0.694. The summed E-state index contributed by atoms with van der Waals surface area (Å²) in [4.78, 5) is 0. The van der Waals surface area contributed by atoms with Crippen molar-refractivity contribution in [2.45, 2.75) is 52.4 Å². The summed E-state index contributed by atoms with van der Waals surface area (Å²) in [6, 6.07) is 0. The third-order valence-corrected chi connectivity index (χ3v) is 2.06. The van der Waals surface area contributed by atoms with Gasteiger partial charge in [-0.05, 0) is 32.2 Å². The molecule has 0 unspecified atom stereocenters.